The molecule has 1 aromatic carbocycles. The van der Waals surface area contributed by atoms with Gasteiger partial charge in [-0.1, -0.05) is 6.07 Å². The Labute approximate surface area is 119 Å². The van der Waals surface area contributed by atoms with Crippen LogP contribution >= 0.6 is 0 Å². The van der Waals surface area contributed by atoms with Gasteiger partial charge in [0.1, 0.15) is 6.10 Å². The van der Waals surface area contributed by atoms with E-state index in [-0.39, 0.29) is 6.10 Å². The summed E-state index contributed by atoms with van der Waals surface area (Å²) in [5, 5.41) is 9.99. The topological polar surface area (TPSA) is 47.9 Å². The third-order valence-corrected chi connectivity index (χ3v) is 4.05. The van der Waals surface area contributed by atoms with Crippen LogP contribution in [0.25, 0.3) is 0 Å². The van der Waals surface area contributed by atoms with Crippen LogP contribution in [0.4, 0.5) is 0 Å². The van der Waals surface area contributed by atoms with Gasteiger partial charge in [-0.25, -0.2) is 0 Å². The maximum atomic E-state index is 9.99. The smallest absolute Gasteiger partial charge is 0.161 e. The van der Waals surface area contributed by atoms with Crippen molar-refractivity contribution in [2.24, 2.45) is 0 Å². The summed E-state index contributed by atoms with van der Waals surface area (Å²) in [6.45, 7) is 1.52. The summed E-state index contributed by atoms with van der Waals surface area (Å²) >= 11 is 0. The molecular formula is C16H22O4. The van der Waals surface area contributed by atoms with Gasteiger partial charge in [-0.05, 0) is 30.5 Å². The van der Waals surface area contributed by atoms with Crippen molar-refractivity contribution < 1.29 is 19.3 Å². The highest BCUT2D eigenvalue weighted by atomic mass is 16.5. The number of benzene rings is 1. The van der Waals surface area contributed by atoms with Crippen molar-refractivity contribution in [3.05, 3.63) is 23.8 Å². The summed E-state index contributed by atoms with van der Waals surface area (Å²) in [5.41, 5.74) is 0.620. The zero-order valence-electron chi connectivity index (χ0n) is 11.9. The summed E-state index contributed by atoms with van der Waals surface area (Å²) < 4.78 is 16.8. The minimum Gasteiger partial charge on any atom is -0.493 e. The van der Waals surface area contributed by atoms with Gasteiger partial charge in [-0.15, -0.1) is 0 Å². The minimum atomic E-state index is -0.478. The Bertz CT molecular complexity index is 462. The van der Waals surface area contributed by atoms with Crippen LogP contribution in [-0.2, 0) is 11.2 Å². The van der Waals surface area contributed by atoms with E-state index < -0.39 is 5.60 Å². The van der Waals surface area contributed by atoms with Gasteiger partial charge in [0.05, 0.1) is 25.9 Å². The Balaban J connectivity index is 1.69. The average Bonchev–Trinajstić information content (AvgIpc) is 3.19. The Morgan fingerprint density at radius 2 is 2.00 bits per heavy atom. The van der Waals surface area contributed by atoms with Crippen LogP contribution in [0.2, 0.25) is 0 Å². The highest BCUT2D eigenvalue weighted by molar-refractivity contribution is 5.43. The molecule has 1 saturated carbocycles. The summed E-state index contributed by atoms with van der Waals surface area (Å²) in [5.74, 6) is 1.53. The van der Waals surface area contributed by atoms with Gasteiger partial charge in [0.25, 0.3) is 0 Å². The van der Waals surface area contributed by atoms with Crippen LogP contribution in [0.3, 0.4) is 0 Å². The maximum Gasteiger partial charge on any atom is 0.161 e. The molecule has 1 N–H and O–H groups in total. The molecule has 1 heterocycles. The number of hydrogen-bond acceptors (Lipinski definition) is 4. The molecule has 4 nitrogen and oxygen atoms in total. The lowest BCUT2D eigenvalue weighted by Gasteiger charge is -2.24. The van der Waals surface area contributed by atoms with E-state index in [1.54, 1.807) is 7.11 Å². The molecular weight excluding hydrogens is 256 g/mol. The number of ether oxygens (including phenoxy) is 3. The van der Waals surface area contributed by atoms with E-state index in [9.17, 15) is 5.11 Å². The molecule has 1 aliphatic heterocycles. The third-order valence-electron chi connectivity index (χ3n) is 4.05. The molecule has 20 heavy (non-hydrogen) atoms. The molecule has 0 bridgehead atoms. The Hall–Kier alpha value is -1.26. The van der Waals surface area contributed by atoms with E-state index >= 15 is 0 Å². The van der Waals surface area contributed by atoms with Crippen LogP contribution in [0.5, 0.6) is 11.5 Å². The number of aliphatic hydroxyl groups is 1. The molecule has 2 fully saturated rings. The zero-order chi connectivity index (χ0) is 14.0. The lowest BCUT2D eigenvalue weighted by molar-refractivity contribution is 0.0245. The first kappa shape index (κ1) is 13.7. The molecule has 0 aromatic heterocycles. The second-order valence-corrected chi connectivity index (χ2v) is 5.82. The quantitative estimate of drug-likeness (QED) is 0.898. The van der Waals surface area contributed by atoms with Crippen LogP contribution in [0.15, 0.2) is 18.2 Å². The summed E-state index contributed by atoms with van der Waals surface area (Å²) in [6, 6.07) is 5.95. The first-order chi connectivity index (χ1) is 9.68. The van der Waals surface area contributed by atoms with Gasteiger partial charge in [-0.3, -0.25) is 0 Å². The van der Waals surface area contributed by atoms with Crippen molar-refractivity contribution in [2.75, 3.05) is 20.3 Å². The van der Waals surface area contributed by atoms with Gasteiger partial charge in [-0.2, -0.15) is 0 Å². The van der Waals surface area contributed by atoms with Crippen LogP contribution in [0, 0.1) is 0 Å². The zero-order valence-corrected chi connectivity index (χ0v) is 11.9. The van der Waals surface area contributed by atoms with E-state index in [1.165, 1.54) is 0 Å². The van der Waals surface area contributed by atoms with Gasteiger partial charge in [0.15, 0.2) is 11.5 Å². The van der Waals surface area contributed by atoms with E-state index in [0.29, 0.717) is 6.42 Å². The molecule has 0 amide bonds. The largest absolute Gasteiger partial charge is 0.493 e. The van der Waals surface area contributed by atoms with Gasteiger partial charge in [0, 0.05) is 19.3 Å². The fraction of sp³-hybridized carbons (Fsp3) is 0.625. The number of hydrogen-bond donors (Lipinski definition) is 1. The van der Waals surface area contributed by atoms with E-state index in [4.69, 9.17) is 14.2 Å². The summed E-state index contributed by atoms with van der Waals surface area (Å²) in [4.78, 5) is 0. The number of rotatable bonds is 5. The van der Waals surface area contributed by atoms with Crippen molar-refractivity contribution in [3.8, 4) is 11.5 Å². The van der Waals surface area contributed by atoms with Crippen molar-refractivity contribution in [1.82, 2.24) is 0 Å². The van der Waals surface area contributed by atoms with Gasteiger partial charge in [0.2, 0.25) is 0 Å². The minimum absolute atomic E-state index is 0.205. The summed E-state index contributed by atoms with van der Waals surface area (Å²) in [7, 11) is 1.65. The normalized spacial score (nSPS) is 21.5. The molecule has 0 atom stereocenters. The monoisotopic (exact) mass is 278 g/mol. The lowest BCUT2D eigenvalue weighted by Crippen LogP contribution is -2.26. The van der Waals surface area contributed by atoms with Gasteiger partial charge >= 0.3 is 0 Å². The predicted molar refractivity (Wildman–Crippen MR) is 75.4 cm³/mol. The van der Waals surface area contributed by atoms with Crippen LogP contribution in [0.1, 0.15) is 31.2 Å². The first-order valence-electron chi connectivity index (χ1n) is 7.32. The van der Waals surface area contributed by atoms with E-state index in [1.807, 2.05) is 18.2 Å². The molecule has 110 valence electrons. The summed E-state index contributed by atoms with van der Waals surface area (Å²) in [6.07, 6.45) is 4.54. The Morgan fingerprint density at radius 1 is 1.25 bits per heavy atom. The van der Waals surface area contributed by atoms with Gasteiger partial charge < -0.3 is 19.3 Å². The fourth-order valence-electron chi connectivity index (χ4n) is 2.59. The highest BCUT2D eigenvalue weighted by Crippen LogP contribution is 2.40. The second kappa shape index (κ2) is 5.62. The molecule has 0 spiro atoms. The SMILES string of the molecule is COc1cc(CC2(O)CC2)ccc1OC1CCOCC1. The molecule has 0 unspecified atom stereocenters. The molecule has 3 rings (SSSR count). The number of methoxy groups -OCH3 is 1. The maximum absolute atomic E-state index is 9.99. The van der Waals surface area contributed by atoms with Crippen molar-refractivity contribution in [1.29, 1.82) is 0 Å². The molecule has 1 aromatic rings. The Kier molecular flexibility index (Phi) is 3.85. The molecule has 4 heteroatoms. The highest BCUT2D eigenvalue weighted by Gasteiger charge is 2.40. The van der Waals surface area contributed by atoms with Crippen LogP contribution in [-0.4, -0.2) is 37.1 Å². The fourth-order valence-corrected chi connectivity index (χ4v) is 2.59. The second-order valence-electron chi connectivity index (χ2n) is 5.82. The first-order valence-corrected chi connectivity index (χ1v) is 7.32. The average molecular weight is 278 g/mol. The molecule has 0 radical (unpaired) electrons. The Morgan fingerprint density at radius 3 is 2.65 bits per heavy atom. The third kappa shape index (κ3) is 3.25. The van der Waals surface area contributed by atoms with Crippen molar-refractivity contribution in [2.45, 2.75) is 43.8 Å². The lowest BCUT2D eigenvalue weighted by atomic mass is 10.1. The van der Waals surface area contributed by atoms with E-state index in [2.05, 4.69) is 0 Å². The standard InChI is InChI=1S/C16H22O4/c1-18-15-10-12(11-16(17)6-7-16)2-3-14(15)20-13-4-8-19-9-5-13/h2-3,10,13,17H,4-9,11H2,1H3. The van der Waals surface area contributed by atoms with Crippen LogP contribution < -0.4 is 9.47 Å². The van der Waals surface area contributed by atoms with Crippen molar-refractivity contribution >= 4 is 0 Å². The van der Waals surface area contributed by atoms with E-state index in [0.717, 1.165) is 56.0 Å². The van der Waals surface area contributed by atoms with Crippen molar-refractivity contribution in [3.63, 3.8) is 0 Å². The predicted octanol–water partition coefficient (Wildman–Crippen LogP) is 2.32. The molecule has 1 aliphatic carbocycles. The molecule has 1 saturated heterocycles. The molecule has 2 aliphatic rings.